The third-order valence-corrected chi connectivity index (χ3v) is 1.23. The molecule has 0 unspecified atom stereocenters. The first-order valence-electron chi connectivity index (χ1n) is 3.50. The van der Waals surface area contributed by atoms with E-state index in [-0.39, 0.29) is 0 Å². The van der Waals surface area contributed by atoms with Crippen molar-refractivity contribution in [3.8, 4) is 0 Å². The van der Waals surface area contributed by atoms with Crippen LogP contribution in [0.2, 0.25) is 0 Å². The average molecular weight is 140 g/mol. The maximum atomic E-state index is 5.66. The molecule has 0 aliphatic rings. The van der Waals surface area contributed by atoms with Crippen LogP contribution in [0.25, 0.3) is 0 Å². The summed E-state index contributed by atoms with van der Waals surface area (Å²) in [6, 6.07) is 0. The Morgan fingerprint density at radius 1 is 1.50 bits per heavy atom. The second-order valence-corrected chi connectivity index (χ2v) is 2.46. The predicted molar refractivity (Wildman–Crippen MR) is 45.4 cm³/mol. The third kappa shape index (κ3) is 4.30. The van der Waals surface area contributed by atoms with E-state index in [0.29, 0.717) is 0 Å². The minimum Gasteiger partial charge on any atom is -0.310 e. The summed E-state index contributed by atoms with van der Waals surface area (Å²) in [7, 11) is 0. The highest BCUT2D eigenvalue weighted by Gasteiger charge is 2.11. The molecule has 10 heavy (non-hydrogen) atoms. The summed E-state index contributed by atoms with van der Waals surface area (Å²) in [5.41, 5.74) is 10.7. The molecule has 0 aliphatic heterocycles. The minimum absolute atomic E-state index is 0.650. The Balaban J connectivity index is 3.84. The molecule has 0 radical (unpaired) electrons. The lowest BCUT2D eigenvalue weighted by atomic mass is 10.1. The Bertz CT molecular complexity index is 125. The Labute approximate surface area is 62.6 Å². The Hall–Kier alpha value is -0.600. The summed E-state index contributed by atoms with van der Waals surface area (Å²) >= 11 is 0. The molecular weight excluding hydrogens is 124 g/mol. The van der Waals surface area contributed by atoms with Gasteiger partial charge in [-0.05, 0) is 6.42 Å². The van der Waals surface area contributed by atoms with Crippen molar-refractivity contribution in [1.29, 1.82) is 0 Å². The quantitative estimate of drug-likeness (QED) is 0.454. The molecule has 0 spiro atoms. The predicted octanol–water partition coefficient (Wildman–Crippen LogP) is 1.14. The molecule has 0 rings (SSSR count). The SMILES string of the molecule is C=CC=CC(N)(N)CCC. The highest BCUT2D eigenvalue weighted by atomic mass is 14.9. The molecule has 0 amide bonds. The topological polar surface area (TPSA) is 52.0 Å². The fraction of sp³-hybridized carbons (Fsp3) is 0.500. The third-order valence-electron chi connectivity index (χ3n) is 1.23. The summed E-state index contributed by atoms with van der Waals surface area (Å²) < 4.78 is 0. The molecule has 4 N–H and O–H groups in total. The first-order valence-corrected chi connectivity index (χ1v) is 3.50. The van der Waals surface area contributed by atoms with E-state index in [4.69, 9.17) is 11.5 Å². The van der Waals surface area contributed by atoms with Gasteiger partial charge in [-0.1, -0.05) is 38.2 Å². The van der Waals surface area contributed by atoms with Gasteiger partial charge in [0.2, 0.25) is 0 Å². The van der Waals surface area contributed by atoms with Crippen LogP contribution in [-0.2, 0) is 0 Å². The van der Waals surface area contributed by atoms with E-state index in [1.165, 1.54) is 0 Å². The van der Waals surface area contributed by atoms with Crippen molar-refractivity contribution in [1.82, 2.24) is 0 Å². The molecule has 2 heteroatoms. The molecule has 0 atom stereocenters. The molecule has 0 heterocycles. The van der Waals surface area contributed by atoms with Gasteiger partial charge in [-0.15, -0.1) is 0 Å². The summed E-state index contributed by atoms with van der Waals surface area (Å²) in [6.07, 6.45) is 7.01. The Morgan fingerprint density at radius 3 is 2.50 bits per heavy atom. The minimum atomic E-state index is -0.650. The first-order chi connectivity index (χ1) is 4.62. The Kier molecular flexibility index (Phi) is 4.00. The number of rotatable bonds is 4. The molecule has 58 valence electrons. The molecule has 2 nitrogen and oxygen atoms in total. The summed E-state index contributed by atoms with van der Waals surface area (Å²) in [4.78, 5) is 0. The van der Waals surface area contributed by atoms with Crippen LogP contribution in [0.15, 0.2) is 24.8 Å². The van der Waals surface area contributed by atoms with Gasteiger partial charge in [0.25, 0.3) is 0 Å². The monoisotopic (exact) mass is 140 g/mol. The van der Waals surface area contributed by atoms with Crippen LogP contribution in [0, 0.1) is 0 Å². The standard InChI is InChI=1S/C8H16N2/c1-3-5-7-8(9,10)6-4-2/h3,5,7H,1,4,6,9-10H2,2H3. The van der Waals surface area contributed by atoms with Crippen LogP contribution < -0.4 is 11.5 Å². The van der Waals surface area contributed by atoms with Crippen LogP contribution in [0.4, 0.5) is 0 Å². The van der Waals surface area contributed by atoms with Crippen LogP contribution in [0.1, 0.15) is 19.8 Å². The second kappa shape index (κ2) is 4.25. The zero-order valence-electron chi connectivity index (χ0n) is 6.51. The molecule has 0 bridgehead atoms. The van der Waals surface area contributed by atoms with Crippen molar-refractivity contribution in [3.05, 3.63) is 24.8 Å². The highest BCUT2D eigenvalue weighted by Crippen LogP contribution is 2.02. The summed E-state index contributed by atoms with van der Waals surface area (Å²) in [5.74, 6) is 0. The second-order valence-electron chi connectivity index (χ2n) is 2.46. The molecule has 0 saturated carbocycles. The van der Waals surface area contributed by atoms with Crippen molar-refractivity contribution in [2.45, 2.75) is 25.4 Å². The van der Waals surface area contributed by atoms with E-state index < -0.39 is 5.66 Å². The van der Waals surface area contributed by atoms with Gasteiger partial charge in [0.15, 0.2) is 0 Å². The van der Waals surface area contributed by atoms with Crippen LogP contribution in [0.3, 0.4) is 0 Å². The number of hydrogen-bond acceptors (Lipinski definition) is 2. The van der Waals surface area contributed by atoms with Gasteiger partial charge < -0.3 is 11.5 Å². The lowest BCUT2D eigenvalue weighted by molar-refractivity contribution is 0.499. The van der Waals surface area contributed by atoms with Gasteiger partial charge in [-0.3, -0.25) is 0 Å². The van der Waals surface area contributed by atoms with E-state index in [1.807, 2.05) is 0 Å². The largest absolute Gasteiger partial charge is 0.310 e. The van der Waals surface area contributed by atoms with E-state index in [0.717, 1.165) is 12.8 Å². The van der Waals surface area contributed by atoms with E-state index in [9.17, 15) is 0 Å². The summed E-state index contributed by atoms with van der Waals surface area (Å²) in [5, 5.41) is 0. The van der Waals surface area contributed by atoms with Crippen molar-refractivity contribution in [2.75, 3.05) is 0 Å². The van der Waals surface area contributed by atoms with E-state index in [2.05, 4.69) is 13.5 Å². The fourth-order valence-electron chi connectivity index (χ4n) is 0.764. The number of hydrogen-bond donors (Lipinski definition) is 2. The van der Waals surface area contributed by atoms with Gasteiger partial charge >= 0.3 is 0 Å². The molecular formula is C8H16N2. The zero-order valence-corrected chi connectivity index (χ0v) is 6.51. The lowest BCUT2D eigenvalue weighted by Crippen LogP contribution is -2.47. The lowest BCUT2D eigenvalue weighted by Gasteiger charge is -2.18. The van der Waals surface area contributed by atoms with E-state index in [1.54, 1.807) is 18.2 Å². The van der Waals surface area contributed by atoms with Gasteiger partial charge in [0.1, 0.15) is 0 Å². The molecule has 0 aromatic rings. The van der Waals surface area contributed by atoms with Crippen molar-refractivity contribution in [3.63, 3.8) is 0 Å². The zero-order chi connectivity index (χ0) is 8.04. The smallest absolute Gasteiger partial charge is 0.0831 e. The molecule has 0 saturated heterocycles. The maximum absolute atomic E-state index is 5.66. The van der Waals surface area contributed by atoms with E-state index >= 15 is 0 Å². The maximum Gasteiger partial charge on any atom is 0.0831 e. The molecule has 0 fully saturated rings. The number of nitrogens with two attached hydrogens (primary N) is 2. The highest BCUT2D eigenvalue weighted by molar-refractivity contribution is 5.07. The van der Waals surface area contributed by atoms with Crippen molar-refractivity contribution >= 4 is 0 Å². The molecule has 0 aromatic heterocycles. The molecule has 0 aliphatic carbocycles. The van der Waals surface area contributed by atoms with Gasteiger partial charge in [-0.25, -0.2) is 0 Å². The van der Waals surface area contributed by atoms with Gasteiger partial charge in [-0.2, -0.15) is 0 Å². The summed E-state index contributed by atoms with van der Waals surface area (Å²) in [6.45, 7) is 5.58. The normalized spacial score (nSPS) is 12.3. The average Bonchev–Trinajstić information content (AvgIpc) is 1.84. The van der Waals surface area contributed by atoms with Crippen LogP contribution >= 0.6 is 0 Å². The van der Waals surface area contributed by atoms with Crippen molar-refractivity contribution < 1.29 is 0 Å². The first kappa shape index (κ1) is 9.40. The van der Waals surface area contributed by atoms with Gasteiger partial charge in [0.05, 0.1) is 5.66 Å². The Morgan fingerprint density at radius 2 is 2.10 bits per heavy atom. The van der Waals surface area contributed by atoms with Crippen LogP contribution in [-0.4, -0.2) is 5.66 Å². The molecule has 0 aromatic carbocycles. The number of allylic oxidation sites excluding steroid dienone is 2. The van der Waals surface area contributed by atoms with Crippen LogP contribution in [0.5, 0.6) is 0 Å². The fourth-order valence-corrected chi connectivity index (χ4v) is 0.764. The van der Waals surface area contributed by atoms with Gasteiger partial charge in [0, 0.05) is 0 Å². The van der Waals surface area contributed by atoms with Crippen molar-refractivity contribution in [2.24, 2.45) is 11.5 Å².